The predicted molar refractivity (Wildman–Crippen MR) is 71.3 cm³/mol. The van der Waals surface area contributed by atoms with E-state index in [0.29, 0.717) is 13.0 Å². The van der Waals surface area contributed by atoms with Gasteiger partial charge in [0.2, 0.25) is 0 Å². The Balaban J connectivity index is 1.94. The summed E-state index contributed by atoms with van der Waals surface area (Å²) >= 11 is 0. The van der Waals surface area contributed by atoms with E-state index >= 15 is 0 Å². The maximum atomic E-state index is 10.3. The molecule has 1 N–H and O–H groups in total. The standard InChI is InChI=1S/C15H20O3/c16-15(17)11-7-2-1-3-8-12-18-13-14-9-5-4-6-10-14/h1-2,4-6,9-10H,3,7-8,11-13H2,(H,16,17)/b2-1-. The lowest BCUT2D eigenvalue weighted by atomic mass is 10.2. The molecule has 0 fully saturated rings. The molecule has 0 bridgehead atoms. The molecule has 3 heteroatoms. The van der Waals surface area contributed by atoms with E-state index in [1.165, 1.54) is 5.56 Å². The topological polar surface area (TPSA) is 46.5 Å². The lowest BCUT2D eigenvalue weighted by Gasteiger charge is -2.02. The largest absolute Gasteiger partial charge is 0.481 e. The highest BCUT2D eigenvalue weighted by Gasteiger charge is 1.92. The van der Waals surface area contributed by atoms with E-state index in [2.05, 4.69) is 0 Å². The van der Waals surface area contributed by atoms with Gasteiger partial charge in [-0.2, -0.15) is 0 Å². The zero-order chi connectivity index (χ0) is 13.1. The minimum Gasteiger partial charge on any atom is -0.481 e. The Morgan fingerprint density at radius 1 is 1.17 bits per heavy atom. The van der Waals surface area contributed by atoms with Crippen LogP contribution in [0.2, 0.25) is 0 Å². The minimum atomic E-state index is -0.745. The smallest absolute Gasteiger partial charge is 0.303 e. The fourth-order valence-electron chi connectivity index (χ4n) is 1.51. The number of hydrogen-bond acceptors (Lipinski definition) is 2. The van der Waals surface area contributed by atoms with Crippen molar-refractivity contribution in [2.45, 2.75) is 32.3 Å². The third-order valence-electron chi connectivity index (χ3n) is 2.46. The molecule has 0 radical (unpaired) electrons. The van der Waals surface area contributed by atoms with Crippen LogP contribution < -0.4 is 0 Å². The van der Waals surface area contributed by atoms with E-state index in [0.717, 1.165) is 19.4 Å². The second-order valence-electron chi connectivity index (χ2n) is 4.08. The molecule has 0 aliphatic heterocycles. The minimum absolute atomic E-state index is 0.209. The fraction of sp³-hybridized carbons (Fsp3) is 0.400. The van der Waals surface area contributed by atoms with Gasteiger partial charge < -0.3 is 9.84 Å². The van der Waals surface area contributed by atoms with Gasteiger partial charge in [-0.3, -0.25) is 4.79 Å². The molecule has 0 saturated heterocycles. The van der Waals surface area contributed by atoms with Gasteiger partial charge in [0.05, 0.1) is 6.61 Å². The Bertz CT molecular complexity index is 357. The van der Waals surface area contributed by atoms with E-state index in [4.69, 9.17) is 9.84 Å². The van der Waals surface area contributed by atoms with E-state index in [-0.39, 0.29) is 6.42 Å². The van der Waals surface area contributed by atoms with Crippen molar-refractivity contribution in [1.29, 1.82) is 0 Å². The van der Waals surface area contributed by atoms with Crippen molar-refractivity contribution in [3.8, 4) is 0 Å². The van der Waals surface area contributed by atoms with Gasteiger partial charge in [0, 0.05) is 13.0 Å². The van der Waals surface area contributed by atoms with E-state index in [9.17, 15) is 4.79 Å². The van der Waals surface area contributed by atoms with Crippen LogP contribution in [-0.2, 0) is 16.1 Å². The first kappa shape index (κ1) is 14.5. The summed E-state index contributed by atoms with van der Waals surface area (Å²) in [7, 11) is 0. The number of rotatable bonds is 9. The molecule has 0 atom stereocenters. The van der Waals surface area contributed by atoms with Crippen molar-refractivity contribution in [2.24, 2.45) is 0 Å². The summed E-state index contributed by atoms with van der Waals surface area (Å²) in [4.78, 5) is 10.3. The monoisotopic (exact) mass is 248 g/mol. The van der Waals surface area contributed by atoms with Crippen molar-refractivity contribution >= 4 is 5.97 Å². The van der Waals surface area contributed by atoms with Crippen LogP contribution >= 0.6 is 0 Å². The van der Waals surface area contributed by atoms with Gasteiger partial charge in [0.1, 0.15) is 0 Å². The Labute approximate surface area is 108 Å². The van der Waals surface area contributed by atoms with Crippen molar-refractivity contribution in [2.75, 3.05) is 6.61 Å². The molecule has 0 saturated carbocycles. The Morgan fingerprint density at radius 2 is 1.89 bits per heavy atom. The van der Waals surface area contributed by atoms with Gasteiger partial charge in [0.15, 0.2) is 0 Å². The molecular formula is C15H20O3. The van der Waals surface area contributed by atoms with Gasteiger partial charge >= 0.3 is 5.97 Å². The summed E-state index contributed by atoms with van der Waals surface area (Å²) in [5.41, 5.74) is 1.19. The molecule has 1 rings (SSSR count). The molecule has 1 aromatic rings. The van der Waals surface area contributed by atoms with Gasteiger partial charge in [-0.15, -0.1) is 0 Å². The number of unbranched alkanes of at least 4 members (excludes halogenated alkanes) is 1. The third kappa shape index (κ3) is 7.63. The van der Waals surface area contributed by atoms with E-state index < -0.39 is 5.97 Å². The summed E-state index contributed by atoms with van der Waals surface area (Å²) in [6.45, 7) is 1.39. The van der Waals surface area contributed by atoms with Gasteiger partial charge in [0.25, 0.3) is 0 Å². The van der Waals surface area contributed by atoms with Crippen molar-refractivity contribution in [1.82, 2.24) is 0 Å². The van der Waals surface area contributed by atoms with Crippen LogP contribution in [-0.4, -0.2) is 17.7 Å². The first-order valence-corrected chi connectivity index (χ1v) is 6.27. The van der Waals surface area contributed by atoms with Crippen molar-refractivity contribution in [3.63, 3.8) is 0 Å². The van der Waals surface area contributed by atoms with Crippen LogP contribution in [0, 0.1) is 0 Å². The summed E-state index contributed by atoms with van der Waals surface area (Å²) in [5, 5.41) is 8.44. The number of allylic oxidation sites excluding steroid dienone is 2. The van der Waals surface area contributed by atoms with E-state index in [1.54, 1.807) is 0 Å². The van der Waals surface area contributed by atoms with Gasteiger partial charge in [-0.25, -0.2) is 0 Å². The molecular weight excluding hydrogens is 228 g/mol. The summed E-state index contributed by atoms with van der Waals surface area (Å²) in [6, 6.07) is 10.1. The maximum Gasteiger partial charge on any atom is 0.303 e. The molecule has 98 valence electrons. The van der Waals surface area contributed by atoms with Crippen LogP contribution in [0.3, 0.4) is 0 Å². The Morgan fingerprint density at radius 3 is 2.61 bits per heavy atom. The highest BCUT2D eigenvalue weighted by molar-refractivity contribution is 5.66. The van der Waals surface area contributed by atoms with Crippen LogP contribution in [0.5, 0.6) is 0 Å². The number of carbonyl (C=O) groups is 1. The lowest BCUT2D eigenvalue weighted by molar-refractivity contribution is -0.136. The molecule has 0 unspecified atom stereocenters. The third-order valence-corrected chi connectivity index (χ3v) is 2.46. The lowest BCUT2D eigenvalue weighted by Crippen LogP contribution is -1.94. The maximum absolute atomic E-state index is 10.3. The van der Waals surface area contributed by atoms with Crippen LogP contribution in [0.4, 0.5) is 0 Å². The van der Waals surface area contributed by atoms with Crippen LogP contribution in [0.25, 0.3) is 0 Å². The zero-order valence-corrected chi connectivity index (χ0v) is 10.5. The molecule has 0 amide bonds. The molecule has 0 aromatic heterocycles. The quantitative estimate of drug-likeness (QED) is 0.538. The number of ether oxygens (including phenoxy) is 1. The van der Waals surface area contributed by atoms with Crippen LogP contribution in [0.1, 0.15) is 31.2 Å². The molecule has 1 aromatic carbocycles. The fourth-order valence-corrected chi connectivity index (χ4v) is 1.51. The molecule has 0 heterocycles. The Hall–Kier alpha value is -1.61. The number of benzene rings is 1. The van der Waals surface area contributed by atoms with Crippen LogP contribution in [0.15, 0.2) is 42.5 Å². The Kier molecular flexibility index (Phi) is 7.57. The summed E-state index contributed by atoms with van der Waals surface area (Å²) < 4.78 is 5.54. The normalized spacial score (nSPS) is 10.9. The molecule has 0 aliphatic carbocycles. The summed E-state index contributed by atoms with van der Waals surface area (Å²) in [6.07, 6.45) is 6.67. The first-order valence-electron chi connectivity index (χ1n) is 6.27. The van der Waals surface area contributed by atoms with E-state index in [1.807, 2.05) is 42.5 Å². The number of carboxylic acids is 1. The van der Waals surface area contributed by atoms with Crippen molar-refractivity contribution < 1.29 is 14.6 Å². The second kappa shape index (κ2) is 9.42. The highest BCUT2D eigenvalue weighted by Crippen LogP contribution is 2.02. The highest BCUT2D eigenvalue weighted by atomic mass is 16.5. The number of hydrogen-bond donors (Lipinski definition) is 1. The SMILES string of the molecule is O=C(O)CC/C=C\CCCOCc1ccccc1. The van der Waals surface area contributed by atoms with Gasteiger partial charge in [-0.1, -0.05) is 42.5 Å². The predicted octanol–water partition coefficient (Wildman–Crippen LogP) is 3.40. The number of aliphatic carboxylic acids is 1. The zero-order valence-electron chi connectivity index (χ0n) is 10.5. The molecule has 18 heavy (non-hydrogen) atoms. The first-order chi connectivity index (χ1) is 8.79. The second-order valence-corrected chi connectivity index (χ2v) is 4.08. The van der Waals surface area contributed by atoms with Gasteiger partial charge in [-0.05, 0) is 24.8 Å². The summed E-state index contributed by atoms with van der Waals surface area (Å²) in [5.74, 6) is -0.745. The average Bonchev–Trinajstić information content (AvgIpc) is 2.37. The average molecular weight is 248 g/mol. The molecule has 0 aliphatic rings. The number of carboxylic acid groups (broad SMARTS) is 1. The van der Waals surface area contributed by atoms with Crippen molar-refractivity contribution in [3.05, 3.63) is 48.0 Å². The molecule has 3 nitrogen and oxygen atoms in total. The molecule has 0 spiro atoms.